The van der Waals surface area contributed by atoms with Crippen LogP contribution in [-0.2, 0) is 39.1 Å². The minimum absolute atomic E-state index is 0.0170. The summed E-state index contributed by atoms with van der Waals surface area (Å²) in [6.07, 6.45) is 1.53. The van der Waals surface area contributed by atoms with Gasteiger partial charge in [-0.25, -0.2) is 8.42 Å². The van der Waals surface area contributed by atoms with Gasteiger partial charge in [-0.3, -0.25) is 9.10 Å². The molecule has 7 nitrogen and oxygen atoms in total. The fourth-order valence-electron chi connectivity index (χ4n) is 5.12. The van der Waals surface area contributed by atoms with Crippen molar-refractivity contribution in [3.05, 3.63) is 116 Å². The van der Waals surface area contributed by atoms with Gasteiger partial charge in [0.1, 0.15) is 6.61 Å². The molecule has 1 aromatic heterocycles. The summed E-state index contributed by atoms with van der Waals surface area (Å²) in [6, 6.07) is 25.1. The summed E-state index contributed by atoms with van der Waals surface area (Å²) in [6.45, 7) is 0.899. The molecule has 1 aliphatic heterocycles. The number of nitrogens with zero attached hydrogens (tertiary/aromatic N) is 2. The molecule has 0 saturated carbocycles. The number of rotatable bonds is 11. The van der Waals surface area contributed by atoms with Gasteiger partial charge in [0.25, 0.3) is 10.0 Å². The van der Waals surface area contributed by atoms with Crippen molar-refractivity contribution in [2.24, 2.45) is 0 Å². The van der Waals surface area contributed by atoms with E-state index in [9.17, 15) is 18.3 Å². The van der Waals surface area contributed by atoms with E-state index in [0.717, 1.165) is 11.1 Å². The number of likely N-dealkylation sites (tertiary alicyclic amines) is 1. The summed E-state index contributed by atoms with van der Waals surface area (Å²) >= 11 is 13.6. The van der Waals surface area contributed by atoms with Gasteiger partial charge < -0.3 is 14.7 Å². The smallest absolute Gasteiger partial charge is 0.264 e. The quantitative estimate of drug-likeness (QED) is 0.197. The molecular formula is C32H32Cl2N2O5S2. The van der Waals surface area contributed by atoms with E-state index >= 15 is 0 Å². The Morgan fingerprint density at radius 1 is 0.930 bits per heavy atom. The van der Waals surface area contributed by atoms with Gasteiger partial charge in [0.05, 0.1) is 44.3 Å². The lowest BCUT2D eigenvalue weighted by atomic mass is 9.85. The Labute approximate surface area is 266 Å². The van der Waals surface area contributed by atoms with E-state index in [1.807, 2.05) is 60.7 Å². The first kappa shape index (κ1) is 31.5. The first-order valence-corrected chi connectivity index (χ1v) is 16.9. The highest BCUT2D eigenvalue weighted by Crippen LogP contribution is 2.35. The Hall–Kier alpha value is -2.92. The lowest BCUT2D eigenvalue weighted by Gasteiger charge is -2.38. The molecule has 0 radical (unpaired) electrons. The lowest BCUT2D eigenvalue weighted by molar-refractivity contribution is -0.140. The summed E-state index contributed by atoms with van der Waals surface area (Å²) in [5, 5.41) is 13.3. The topological polar surface area (TPSA) is 87.2 Å². The predicted molar refractivity (Wildman–Crippen MR) is 171 cm³/mol. The van der Waals surface area contributed by atoms with Crippen molar-refractivity contribution in [1.82, 2.24) is 4.90 Å². The van der Waals surface area contributed by atoms with E-state index in [0.29, 0.717) is 42.9 Å². The molecule has 43 heavy (non-hydrogen) atoms. The average Bonchev–Trinajstić information content (AvgIpc) is 3.46. The van der Waals surface area contributed by atoms with Crippen molar-refractivity contribution < 1.29 is 23.1 Å². The second kappa shape index (κ2) is 13.8. The number of sulfonamides is 1. The summed E-state index contributed by atoms with van der Waals surface area (Å²) in [4.78, 5) is 15.4. The molecule has 1 N–H and O–H groups in total. The van der Waals surface area contributed by atoms with Crippen LogP contribution >= 0.6 is 34.5 Å². The van der Waals surface area contributed by atoms with Crippen LogP contribution in [-0.4, -0.2) is 49.6 Å². The summed E-state index contributed by atoms with van der Waals surface area (Å²) < 4.78 is 35.0. The van der Waals surface area contributed by atoms with Gasteiger partial charge in [-0.1, -0.05) is 83.9 Å². The zero-order valence-electron chi connectivity index (χ0n) is 23.4. The number of halogens is 2. The van der Waals surface area contributed by atoms with Crippen LogP contribution in [0.1, 0.15) is 28.8 Å². The van der Waals surface area contributed by atoms with Crippen molar-refractivity contribution in [2.75, 3.05) is 24.0 Å². The highest BCUT2D eigenvalue weighted by Gasteiger charge is 2.34. The van der Waals surface area contributed by atoms with Crippen LogP contribution in [0.25, 0.3) is 0 Å². The highest BCUT2D eigenvalue weighted by atomic mass is 35.5. The minimum atomic E-state index is -4.03. The third-order valence-electron chi connectivity index (χ3n) is 7.52. The predicted octanol–water partition coefficient (Wildman–Crippen LogP) is 6.56. The van der Waals surface area contributed by atoms with Crippen LogP contribution < -0.4 is 4.31 Å². The molecule has 0 aliphatic carbocycles. The number of carbonyl (C=O) groups excluding carboxylic acids is 1. The summed E-state index contributed by atoms with van der Waals surface area (Å²) in [5.74, 6) is -0.163. The molecule has 3 aromatic carbocycles. The molecule has 0 unspecified atom stereocenters. The van der Waals surface area contributed by atoms with Crippen LogP contribution in [0.4, 0.5) is 5.69 Å². The maximum Gasteiger partial charge on any atom is 0.264 e. The number of hydrogen-bond donors (Lipinski definition) is 1. The maximum absolute atomic E-state index is 13.9. The molecule has 1 amide bonds. The van der Waals surface area contributed by atoms with E-state index < -0.39 is 15.6 Å². The van der Waals surface area contributed by atoms with Gasteiger partial charge in [-0.2, -0.15) is 0 Å². The Bertz CT molecular complexity index is 1640. The van der Waals surface area contributed by atoms with Crippen molar-refractivity contribution in [3.8, 4) is 0 Å². The molecule has 0 spiro atoms. The number of aliphatic hydroxyl groups is 1. The second-order valence-electron chi connectivity index (χ2n) is 10.6. The van der Waals surface area contributed by atoms with Gasteiger partial charge >= 0.3 is 0 Å². The molecule has 226 valence electrons. The third-order valence-corrected chi connectivity index (χ3v) is 10.9. The van der Waals surface area contributed by atoms with Crippen LogP contribution in [0, 0.1) is 0 Å². The number of piperidine rings is 1. The summed E-state index contributed by atoms with van der Waals surface area (Å²) in [7, 11) is -4.03. The molecule has 2 heterocycles. The van der Waals surface area contributed by atoms with Gasteiger partial charge in [0.15, 0.2) is 0 Å². The van der Waals surface area contributed by atoms with E-state index in [4.69, 9.17) is 27.9 Å². The molecule has 5 rings (SSSR count). The molecular weight excluding hydrogens is 627 g/mol. The number of ether oxygens (including phenoxy) is 1. The van der Waals surface area contributed by atoms with E-state index in [-0.39, 0.29) is 40.6 Å². The molecule has 1 saturated heterocycles. The molecule has 0 atom stereocenters. The number of amides is 1. The van der Waals surface area contributed by atoms with Crippen molar-refractivity contribution in [2.45, 2.75) is 42.9 Å². The van der Waals surface area contributed by atoms with Gasteiger partial charge in [0, 0.05) is 19.5 Å². The standard InChI is InChI=1S/C32H32Cl2N2O5S2/c33-27-12-11-26(19-28(27)34)43(39,40)36(21-25-9-5-2-6-10-25)29-13-18-42-30(29)22-41-23-31(37)35-16-14-32(38,15-17-35)20-24-7-3-1-4-8-24/h1-13,18-19,38H,14-17,20-23H2. The SMILES string of the molecule is O=C(COCc1sccc1N(Cc1ccccc1)S(=O)(=O)c1ccc(Cl)c(Cl)c1)N1CCC(O)(Cc2ccccc2)CC1. The Balaban J connectivity index is 1.25. The second-order valence-corrected chi connectivity index (χ2v) is 14.2. The molecule has 4 aromatic rings. The lowest BCUT2D eigenvalue weighted by Crippen LogP contribution is -2.48. The van der Waals surface area contributed by atoms with E-state index in [1.165, 1.54) is 33.8 Å². The Morgan fingerprint density at radius 2 is 1.58 bits per heavy atom. The van der Waals surface area contributed by atoms with Crippen LogP contribution in [0.15, 0.2) is 95.2 Å². The maximum atomic E-state index is 13.9. The van der Waals surface area contributed by atoms with Crippen LogP contribution in [0.5, 0.6) is 0 Å². The normalized spacial score (nSPS) is 14.9. The largest absolute Gasteiger partial charge is 0.389 e. The van der Waals surface area contributed by atoms with Crippen molar-refractivity contribution in [1.29, 1.82) is 0 Å². The third kappa shape index (κ3) is 7.78. The first-order valence-electron chi connectivity index (χ1n) is 13.8. The number of carbonyl (C=O) groups is 1. The summed E-state index contributed by atoms with van der Waals surface area (Å²) in [5.41, 5.74) is 1.50. The van der Waals surface area contributed by atoms with Gasteiger partial charge in [-0.15, -0.1) is 11.3 Å². The van der Waals surface area contributed by atoms with Crippen molar-refractivity contribution in [3.63, 3.8) is 0 Å². The zero-order chi connectivity index (χ0) is 30.5. The van der Waals surface area contributed by atoms with Gasteiger partial charge in [-0.05, 0) is 53.6 Å². The average molecular weight is 660 g/mol. The number of anilines is 1. The zero-order valence-corrected chi connectivity index (χ0v) is 26.5. The van der Waals surface area contributed by atoms with Crippen molar-refractivity contribution >= 4 is 56.2 Å². The molecule has 11 heteroatoms. The number of benzene rings is 3. The number of hydrogen-bond acceptors (Lipinski definition) is 6. The molecule has 1 aliphatic rings. The first-order chi connectivity index (χ1) is 20.6. The van der Waals surface area contributed by atoms with Crippen LogP contribution in [0.3, 0.4) is 0 Å². The highest BCUT2D eigenvalue weighted by molar-refractivity contribution is 7.92. The van der Waals surface area contributed by atoms with Crippen LogP contribution in [0.2, 0.25) is 10.0 Å². The Kier molecular flexibility index (Phi) is 10.1. The van der Waals surface area contributed by atoms with E-state index in [1.54, 1.807) is 16.3 Å². The molecule has 0 bridgehead atoms. The number of thiophene rings is 1. The fourth-order valence-corrected chi connectivity index (χ4v) is 7.87. The Morgan fingerprint density at radius 3 is 2.23 bits per heavy atom. The van der Waals surface area contributed by atoms with Gasteiger partial charge in [0.2, 0.25) is 5.91 Å². The fraction of sp³-hybridized carbons (Fsp3) is 0.281. The monoisotopic (exact) mass is 658 g/mol. The molecule has 1 fully saturated rings. The minimum Gasteiger partial charge on any atom is -0.389 e. The van der Waals surface area contributed by atoms with E-state index in [2.05, 4.69) is 0 Å².